The molecule has 0 amide bonds. The zero-order chi connectivity index (χ0) is 12.2. The second kappa shape index (κ2) is 5.93. The van der Waals surface area contributed by atoms with Crippen molar-refractivity contribution >= 4 is 27.2 Å². The molecule has 0 aromatic rings. The zero-order valence-corrected chi connectivity index (χ0v) is 11.2. The number of nitrogens with two attached hydrogens (primary N) is 1. The van der Waals surface area contributed by atoms with E-state index in [-0.39, 0.29) is 11.0 Å². The molecule has 1 aliphatic rings. The highest BCUT2D eigenvalue weighted by Crippen LogP contribution is 2.19. The van der Waals surface area contributed by atoms with Gasteiger partial charge in [0.15, 0.2) is 0 Å². The first-order valence-electron chi connectivity index (χ1n) is 5.78. The summed E-state index contributed by atoms with van der Waals surface area (Å²) in [5.74, 6) is 0. The van der Waals surface area contributed by atoms with Gasteiger partial charge in [0.25, 0.3) is 0 Å². The lowest BCUT2D eigenvalue weighted by molar-refractivity contribution is 0.411. The molecule has 0 aromatic carbocycles. The van der Waals surface area contributed by atoms with Crippen LogP contribution in [0.4, 0.5) is 0 Å². The van der Waals surface area contributed by atoms with E-state index in [9.17, 15) is 8.42 Å². The molecule has 4 nitrogen and oxygen atoms in total. The maximum atomic E-state index is 12.0. The van der Waals surface area contributed by atoms with Crippen LogP contribution in [0.25, 0.3) is 0 Å². The molecule has 0 radical (unpaired) electrons. The molecule has 0 saturated heterocycles. The Labute approximate surface area is 103 Å². The largest absolute Gasteiger partial charge is 0.392 e. The van der Waals surface area contributed by atoms with Crippen LogP contribution in [0.15, 0.2) is 0 Å². The van der Waals surface area contributed by atoms with E-state index in [1.165, 1.54) is 6.42 Å². The molecule has 1 atom stereocenters. The average Bonchev–Trinajstić information content (AvgIpc) is 2.18. The standard InChI is InChI=1S/C10H20N2O2S2/c1-2-9(10(11)15)16(13,14)12-8-6-4-3-5-7-8/h8-9,12H,2-7H2,1H3,(H2,11,15). The minimum absolute atomic E-state index is 0.0609. The van der Waals surface area contributed by atoms with Gasteiger partial charge in [0, 0.05) is 6.04 Å². The van der Waals surface area contributed by atoms with E-state index in [2.05, 4.69) is 4.72 Å². The summed E-state index contributed by atoms with van der Waals surface area (Å²) in [4.78, 5) is 0.0609. The molecule has 1 aliphatic carbocycles. The molecular formula is C10H20N2O2S2. The molecule has 3 N–H and O–H groups in total. The van der Waals surface area contributed by atoms with Crippen molar-refractivity contribution in [3.63, 3.8) is 0 Å². The number of sulfonamides is 1. The van der Waals surface area contributed by atoms with Gasteiger partial charge in [-0.25, -0.2) is 13.1 Å². The average molecular weight is 264 g/mol. The zero-order valence-electron chi connectivity index (χ0n) is 9.61. The summed E-state index contributed by atoms with van der Waals surface area (Å²) in [6.45, 7) is 1.78. The van der Waals surface area contributed by atoms with Gasteiger partial charge in [0.2, 0.25) is 10.0 Å². The third kappa shape index (κ3) is 3.68. The topological polar surface area (TPSA) is 72.2 Å². The maximum absolute atomic E-state index is 12.0. The van der Waals surface area contributed by atoms with Crippen LogP contribution in [0.5, 0.6) is 0 Å². The van der Waals surface area contributed by atoms with Crippen LogP contribution in [-0.2, 0) is 10.0 Å². The fourth-order valence-corrected chi connectivity index (χ4v) is 4.26. The Balaban J connectivity index is 2.65. The van der Waals surface area contributed by atoms with E-state index < -0.39 is 15.3 Å². The molecule has 1 unspecified atom stereocenters. The van der Waals surface area contributed by atoms with E-state index in [4.69, 9.17) is 18.0 Å². The molecule has 6 heteroatoms. The fourth-order valence-electron chi connectivity index (χ4n) is 2.11. The van der Waals surface area contributed by atoms with Crippen molar-refractivity contribution in [2.45, 2.75) is 56.7 Å². The van der Waals surface area contributed by atoms with E-state index in [1.54, 1.807) is 6.92 Å². The summed E-state index contributed by atoms with van der Waals surface area (Å²) in [6, 6.07) is 0.0714. The van der Waals surface area contributed by atoms with Crippen molar-refractivity contribution in [2.24, 2.45) is 5.73 Å². The second-order valence-corrected chi connectivity index (χ2v) is 6.66. The van der Waals surface area contributed by atoms with Gasteiger partial charge in [0.05, 0.1) is 4.99 Å². The summed E-state index contributed by atoms with van der Waals surface area (Å²) in [7, 11) is -3.39. The number of thiocarbonyl (C=S) groups is 1. The molecule has 1 rings (SSSR count). The Kier molecular flexibility index (Phi) is 5.14. The first-order chi connectivity index (χ1) is 7.47. The highest BCUT2D eigenvalue weighted by Gasteiger charge is 2.29. The van der Waals surface area contributed by atoms with Gasteiger partial charge >= 0.3 is 0 Å². The predicted molar refractivity (Wildman–Crippen MR) is 69.8 cm³/mol. The van der Waals surface area contributed by atoms with Crippen molar-refractivity contribution in [1.82, 2.24) is 4.72 Å². The molecule has 0 bridgehead atoms. The van der Waals surface area contributed by atoms with Gasteiger partial charge in [-0.1, -0.05) is 38.4 Å². The minimum Gasteiger partial charge on any atom is -0.392 e. The maximum Gasteiger partial charge on any atom is 0.221 e. The molecule has 0 aromatic heterocycles. The molecule has 0 aliphatic heterocycles. The summed E-state index contributed by atoms with van der Waals surface area (Å²) in [6.07, 6.45) is 5.66. The van der Waals surface area contributed by atoms with Crippen molar-refractivity contribution in [1.29, 1.82) is 0 Å². The quantitative estimate of drug-likeness (QED) is 0.734. The molecule has 0 heterocycles. The smallest absolute Gasteiger partial charge is 0.221 e. The van der Waals surface area contributed by atoms with Gasteiger partial charge < -0.3 is 5.73 Å². The Morgan fingerprint density at radius 2 is 2.00 bits per heavy atom. The lowest BCUT2D eigenvalue weighted by atomic mass is 9.96. The first kappa shape index (κ1) is 13.9. The molecular weight excluding hydrogens is 244 g/mol. The molecule has 1 saturated carbocycles. The van der Waals surface area contributed by atoms with Crippen LogP contribution in [0.1, 0.15) is 45.4 Å². The van der Waals surface area contributed by atoms with Gasteiger partial charge in [-0.2, -0.15) is 0 Å². The lowest BCUT2D eigenvalue weighted by Crippen LogP contribution is -2.46. The van der Waals surface area contributed by atoms with E-state index in [1.807, 2.05) is 0 Å². The van der Waals surface area contributed by atoms with Gasteiger partial charge in [-0.3, -0.25) is 0 Å². The number of rotatable bonds is 5. The third-order valence-electron chi connectivity index (χ3n) is 3.00. The summed E-state index contributed by atoms with van der Waals surface area (Å²) >= 11 is 4.79. The van der Waals surface area contributed by atoms with Gasteiger partial charge in [0.1, 0.15) is 5.25 Å². The normalized spacial score (nSPS) is 20.6. The van der Waals surface area contributed by atoms with Crippen molar-refractivity contribution in [3.05, 3.63) is 0 Å². The van der Waals surface area contributed by atoms with Crippen LogP contribution in [0, 0.1) is 0 Å². The highest BCUT2D eigenvalue weighted by atomic mass is 32.2. The predicted octanol–water partition coefficient (Wildman–Crippen LogP) is 1.30. The Morgan fingerprint density at radius 1 is 1.44 bits per heavy atom. The first-order valence-corrected chi connectivity index (χ1v) is 7.73. The van der Waals surface area contributed by atoms with Crippen molar-refractivity contribution in [2.75, 3.05) is 0 Å². The summed E-state index contributed by atoms with van der Waals surface area (Å²) in [5.41, 5.74) is 5.45. The highest BCUT2D eigenvalue weighted by molar-refractivity contribution is 7.93. The Bertz CT molecular complexity index is 335. The van der Waals surface area contributed by atoms with E-state index in [0.29, 0.717) is 6.42 Å². The number of nitrogens with one attached hydrogen (secondary N) is 1. The van der Waals surface area contributed by atoms with Crippen LogP contribution in [0.2, 0.25) is 0 Å². The van der Waals surface area contributed by atoms with Crippen LogP contribution < -0.4 is 10.5 Å². The lowest BCUT2D eigenvalue weighted by Gasteiger charge is -2.25. The molecule has 16 heavy (non-hydrogen) atoms. The summed E-state index contributed by atoms with van der Waals surface area (Å²) < 4.78 is 26.7. The van der Waals surface area contributed by atoms with E-state index >= 15 is 0 Å². The van der Waals surface area contributed by atoms with Crippen molar-refractivity contribution < 1.29 is 8.42 Å². The SMILES string of the molecule is CCC(C(N)=S)S(=O)(=O)NC1CCCCC1. The van der Waals surface area contributed by atoms with Gasteiger partial charge in [-0.05, 0) is 19.3 Å². The molecule has 0 spiro atoms. The monoisotopic (exact) mass is 264 g/mol. The number of hydrogen-bond donors (Lipinski definition) is 2. The fraction of sp³-hybridized carbons (Fsp3) is 0.900. The Hall–Kier alpha value is -0.200. The van der Waals surface area contributed by atoms with Crippen LogP contribution >= 0.6 is 12.2 Å². The number of hydrogen-bond acceptors (Lipinski definition) is 3. The summed E-state index contributed by atoms with van der Waals surface area (Å²) in [5, 5.41) is -0.732. The Morgan fingerprint density at radius 3 is 2.44 bits per heavy atom. The third-order valence-corrected chi connectivity index (χ3v) is 5.43. The molecule has 1 fully saturated rings. The van der Waals surface area contributed by atoms with Gasteiger partial charge in [-0.15, -0.1) is 0 Å². The molecule has 94 valence electrons. The second-order valence-electron chi connectivity index (χ2n) is 4.30. The van der Waals surface area contributed by atoms with Crippen LogP contribution in [0.3, 0.4) is 0 Å². The van der Waals surface area contributed by atoms with Crippen molar-refractivity contribution in [3.8, 4) is 0 Å². The van der Waals surface area contributed by atoms with E-state index in [0.717, 1.165) is 25.7 Å². The minimum atomic E-state index is -3.39. The van der Waals surface area contributed by atoms with Crippen LogP contribution in [-0.4, -0.2) is 24.7 Å².